The van der Waals surface area contributed by atoms with Crippen LogP contribution in [0.5, 0.6) is 0 Å². The normalized spacial score (nSPS) is 12.7. The van der Waals surface area contributed by atoms with Gasteiger partial charge in [0.1, 0.15) is 0 Å². The first-order valence-corrected chi connectivity index (χ1v) is 6.87. The molecule has 0 aromatic heterocycles. The molecule has 0 atom stereocenters. The minimum absolute atomic E-state index is 0.127. The largest absolute Gasteiger partial charge is 0.409 e. The summed E-state index contributed by atoms with van der Waals surface area (Å²) in [5, 5.41) is 24.1. The van der Waals surface area contributed by atoms with Crippen LogP contribution in [0.25, 0.3) is 0 Å². The number of oxime groups is 1. The maximum Gasteiger partial charge on any atom is 0.170 e. The van der Waals surface area contributed by atoms with Gasteiger partial charge in [-0.1, -0.05) is 43.3 Å². The number of aliphatic hydroxyl groups excluding tert-OH is 1. The molecule has 1 aromatic rings. The molecule has 0 unspecified atom stereocenters. The van der Waals surface area contributed by atoms with E-state index in [1.807, 2.05) is 24.3 Å². The Morgan fingerprint density at radius 1 is 1.35 bits per heavy atom. The van der Waals surface area contributed by atoms with E-state index in [1.165, 1.54) is 0 Å². The molecule has 0 radical (unpaired) electrons. The molecule has 0 spiro atoms. The zero-order valence-electron chi connectivity index (χ0n) is 12.3. The SMILES string of the molecule is CC(C)(CCCO)CNCc1ccccc1/C(N)=N/O. The van der Waals surface area contributed by atoms with E-state index in [9.17, 15) is 0 Å². The van der Waals surface area contributed by atoms with Crippen LogP contribution in [0.2, 0.25) is 0 Å². The number of aliphatic hydroxyl groups is 1. The van der Waals surface area contributed by atoms with E-state index in [0.29, 0.717) is 6.54 Å². The van der Waals surface area contributed by atoms with Crippen molar-refractivity contribution in [3.8, 4) is 0 Å². The van der Waals surface area contributed by atoms with Crippen molar-refractivity contribution < 1.29 is 10.3 Å². The highest BCUT2D eigenvalue weighted by Gasteiger charge is 2.17. The van der Waals surface area contributed by atoms with Gasteiger partial charge in [-0.25, -0.2) is 0 Å². The van der Waals surface area contributed by atoms with Crippen LogP contribution in [0.4, 0.5) is 0 Å². The summed E-state index contributed by atoms with van der Waals surface area (Å²) < 4.78 is 0. The fourth-order valence-corrected chi connectivity index (χ4v) is 2.16. The quantitative estimate of drug-likeness (QED) is 0.252. The van der Waals surface area contributed by atoms with Gasteiger partial charge in [0.15, 0.2) is 5.84 Å². The highest BCUT2D eigenvalue weighted by molar-refractivity contribution is 5.98. The van der Waals surface area contributed by atoms with E-state index < -0.39 is 0 Å². The number of hydrogen-bond acceptors (Lipinski definition) is 4. The second-order valence-electron chi connectivity index (χ2n) is 5.74. The first-order chi connectivity index (χ1) is 9.50. The third-order valence-corrected chi connectivity index (χ3v) is 3.33. The molecule has 0 aliphatic carbocycles. The number of hydrogen-bond donors (Lipinski definition) is 4. The highest BCUT2D eigenvalue weighted by Crippen LogP contribution is 2.21. The van der Waals surface area contributed by atoms with Crippen LogP contribution in [-0.2, 0) is 6.54 Å². The van der Waals surface area contributed by atoms with Crippen molar-refractivity contribution >= 4 is 5.84 Å². The molecule has 5 heteroatoms. The molecular formula is C15H25N3O2. The standard InChI is InChI=1S/C15H25N3O2/c1-15(2,8-5-9-19)11-17-10-12-6-3-4-7-13(12)14(16)18-20/h3-4,6-7,17,19-20H,5,8-11H2,1-2H3,(H2,16,18). The van der Waals surface area contributed by atoms with Gasteiger partial charge in [-0.2, -0.15) is 0 Å². The Morgan fingerprint density at radius 2 is 2.05 bits per heavy atom. The van der Waals surface area contributed by atoms with Gasteiger partial charge in [0.2, 0.25) is 0 Å². The van der Waals surface area contributed by atoms with Gasteiger partial charge < -0.3 is 21.4 Å². The van der Waals surface area contributed by atoms with E-state index in [4.69, 9.17) is 16.0 Å². The predicted molar refractivity (Wildman–Crippen MR) is 80.8 cm³/mol. The zero-order chi connectivity index (χ0) is 15.0. The van der Waals surface area contributed by atoms with Crippen molar-refractivity contribution in [2.24, 2.45) is 16.3 Å². The molecule has 0 aliphatic rings. The zero-order valence-corrected chi connectivity index (χ0v) is 12.3. The van der Waals surface area contributed by atoms with Crippen molar-refractivity contribution in [1.82, 2.24) is 5.32 Å². The van der Waals surface area contributed by atoms with E-state index in [0.717, 1.165) is 30.5 Å². The first kappa shape index (κ1) is 16.5. The first-order valence-electron chi connectivity index (χ1n) is 6.87. The van der Waals surface area contributed by atoms with Gasteiger partial charge >= 0.3 is 0 Å². The third-order valence-electron chi connectivity index (χ3n) is 3.33. The maximum atomic E-state index is 8.89. The Morgan fingerprint density at radius 3 is 2.70 bits per heavy atom. The van der Waals surface area contributed by atoms with Crippen molar-refractivity contribution in [2.75, 3.05) is 13.2 Å². The van der Waals surface area contributed by atoms with Crippen LogP contribution in [0.3, 0.4) is 0 Å². The molecule has 112 valence electrons. The topological polar surface area (TPSA) is 90.9 Å². The minimum atomic E-state index is 0.127. The monoisotopic (exact) mass is 279 g/mol. The van der Waals surface area contributed by atoms with Crippen molar-refractivity contribution in [3.05, 3.63) is 35.4 Å². The third kappa shape index (κ3) is 5.19. The van der Waals surface area contributed by atoms with Crippen molar-refractivity contribution in [3.63, 3.8) is 0 Å². The van der Waals surface area contributed by atoms with Crippen molar-refractivity contribution in [2.45, 2.75) is 33.2 Å². The number of rotatable bonds is 8. The highest BCUT2D eigenvalue weighted by atomic mass is 16.4. The Bertz CT molecular complexity index is 444. The van der Waals surface area contributed by atoms with Crippen LogP contribution >= 0.6 is 0 Å². The van der Waals surface area contributed by atoms with Crippen LogP contribution in [-0.4, -0.2) is 29.3 Å². The van der Waals surface area contributed by atoms with Gasteiger partial charge in [0.05, 0.1) is 0 Å². The van der Waals surface area contributed by atoms with E-state index in [2.05, 4.69) is 24.3 Å². The molecule has 0 aliphatic heterocycles. The molecule has 20 heavy (non-hydrogen) atoms. The van der Waals surface area contributed by atoms with Crippen LogP contribution in [0, 0.1) is 5.41 Å². The minimum Gasteiger partial charge on any atom is -0.409 e. The Hall–Kier alpha value is -1.59. The number of nitrogens with zero attached hydrogens (tertiary/aromatic N) is 1. The summed E-state index contributed by atoms with van der Waals surface area (Å²) in [7, 11) is 0. The van der Waals surface area contributed by atoms with Crippen molar-refractivity contribution in [1.29, 1.82) is 0 Å². The molecule has 0 fully saturated rings. The lowest BCUT2D eigenvalue weighted by atomic mass is 9.88. The summed E-state index contributed by atoms with van der Waals surface area (Å²) in [5.74, 6) is 0.127. The molecule has 0 heterocycles. The predicted octanol–water partition coefficient (Wildman–Crippen LogP) is 1.67. The fourth-order valence-electron chi connectivity index (χ4n) is 2.16. The Balaban J connectivity index is 2.58. The molecule has 1 rings (SSSR count). The van der Waals surface area contributed by atoms with E-state index >= 15 is 0 Å². The lowest BCUT2D eigenvalue weighted by molar-refractivity contribution is 0.236. The smallest absolute Gasteiger partial charge is 0.170 e. The second kappa shape index (κ2) is 7.87. The number of nitrogens with two attached hydrogens (primary N) is 1. The number of benzene rings is 1. The summed E-state index contributed by atoms with van der Waals surface area (Å²) in [6.45, 7) is 6.08. The molecule has 1 aromatic carbocycles. The molecule has 0 saturated carbocycles. The van der Waals surface area contributed by atoms with Crippen LogP contribution in [0.15, 0.2) is 29.4 Å². The molecule has 0 bridgehead atoms. The molecule has 5 nitrogen and oxygen atoms in total. The molecular weight excluding hydrogens is 254 g/mol. The summed E-state index contributed by atoms with van der Waals surface area (Å²) >= 11 is 0. The summed E-state index contributed by atoms with van der Waals surface area (Å²) in [6, 6.07) is 7.59. The van der Waals surface area contributed by atoms with Gasteiger partial charge in [0, 0.05) is 25.3 Å². The van der Waals surface area contributed by atoms with Gasteiger partial charge in [-0.3, -0.25) is 0 Å². The van der Waals surface area contributed by atoms with Crippen LogP contribution < -0.4 is 11.1 Å². The average Bonchev–Trinajstić information content (AvgIpc) is 2.45. The van der Waals surface area contributed by atoms with E-state index in [1.54, 1.807) is 0 Å². The lowest BCUT2D eigenvalue weighted by Crippen LogP contribution is -2.30. The molecule has 5 N–H and O–H groups in total. The van der Waals surface area contributed by atoms with E-state index in [-0.39, 0.29) is 17.9 Å². The number of nitrogens with one attached hydrogen (secondary N) is 1. The summed E-state index contributed by atoms with van der Waals surface area (Å²) in [5.41, 5.74) is 7.54. The number of amidine groups is 1. The fraction of sp³-hybridized carbons (Fsp3) is 0.533. The van der Waals surface area contributed by atoms with Gasteiger partial charge in [0.25, 0.3) is 0 Å². The maximum absolute atomic E-state index is 8.89. The summed E-state index contributed by atoms with van der Waals surface area (Å²) in [4.78, 5) is 0. The van der Waals surface area contributed by atoms with Gasteiger partial charge in [-0.05, 0) is 23.8 Å². The van der Waals surface area contributed by atoms with Gasteiger partial charge in [-0.15, -0.1) is 0 Å². The second-order valence-corrected chi connectivity index (χ2v) is 5.74. The average molecular weight is 279 g/mol. The van der Waals surface area contributed by atoms with Crippen LogP contribution in [0.1, 0.15) is 37.8 Å². The Labute approximate surface area is 120 Å². The molecule has 0 saturated heterocycles. The summed E-state index contributed by atoms with van der Waals surface area (Å²) in [6.07, 6.45) is 1.79. The lowest BCUT2D eigenvalue weighted by Gasteiger charge is -2.25. The molecule has 0 amide bonds. The Kier molecular flexibility index (Phi) is 6.48.